The standard InChI is InChI=1S/C10H14.CH4O/c1-7-5-6-8(2)10(4)9(7)3;1-2/h5-6H,1-4H3;2H,1H3. The van der Waals surface area contributed by atoms with E-state index in [0.717, 1.165) is 7.11 Å². The highest BCUT2D eigenvalue weighted by Gasteiger charge is 1.97. The van der Waals surface area contributed by atoms with Gasteiger partial charge in [0.2, 0.25) is 0 Å². The van der Waals surface area contributed by atoms with Gasteiger partial charge in [-0.15, -0.1) is 0 Å². The predicted molar refractivity (Wildman–Crippen MR) is 53.5 cm³/mol. The summed E-state index contributed by atoms with van der Waals surface area (Å²) in [5.41, 5.74) is 5.64. The van der Waals surface area contributed by atoms with Gasteiger partial charge in [0, 0.05) is 7.11 Å². The molecule has 0 aliphatic rings. The maximum Gasteiger partial charge on any atom is 0.0319 e. The minimum absolute atomic E-state index is 1.00. The Kier molecular flexibility index (Phi) is 4.60. The van der Waals surface area contributed by atoms with Crippen LogP contribution in [0.3, 0.4) is 0 Å². The molecule has 0 aliphatic carbocycles. The van der Waals surface area contributed by atoms with Gasteiger partial charge in [-0.1, -0.05) is 12.1 Å². The molecule has 0 spiro atoms. The maximum atomic E-state index is 7.00. The van der Waals surface area contributed by atoms with E-state index in [1.807, 2.05) is 0 Å². The number of benzene rings is 1. The van der Waals surface area contributed by atoms with Gasteiger partial charge in [-0.05, 0) is 49.9 Å². The van der Waals surface area contributed by atoms with Gasteiger partial charge in [0.05, 0.1) is 0 Å². The molecule has 68 valence electrons. The molecular formula is C11H18O. The van der Waals surface area contributed by atoms with Crippen molar-refractivity contribution >= 4 is 0 Å². The highest BCUT2D eigenvalue weighted by atomic mass is 16.2. The Morgan fingerprint density at radius 1 is 0.750 bits per heavy atom. The molecule has 0 aliphatic heterocycles. The number of aryl methyl sites for hydroxylation is 2. The lowest BCUT2D eigenvalue weighted by atomic mass is 10.0. The van der Waals surface area contributed by atoms with E-state index >= 15 is 0 Å². The number of hydrogen-bond donors (Lipinski definition) is 1. The molecule has 1 N–H and O–H groups in total. The zero-order chi connectivity index (χ0) is 9.72. The monoisotopic (exact) mass is 166 g/mol. The molecule has 1 rings (SSSR count). The molecule has 1 aromatic rings. The van der Waals surface area contributed by atoms with Crippen LogP contribution in [0.25, 0.3) is 0 Å². The van der Waals surface area contributed by atoms with Crippen molar-refractivity contribution < 1.29 is 5.11 Å². The fraction of sp³-hybridized carbons (Fsp3) is 0.455. The Balaban J connectivity index is 0.000000561. The third-order valence-electron chi connectivity index (χ3n) is 2.33. The topological polar surface area (TPSA) is 20.2 Å². The van der Waals surface area contributed by atoms with Crippen LogP contribution in [0.4, 0.5) is 0 Å². The zero-order valence-electron chi connectivity index (χ0n) is 8.60. The van der Waals surface area contributed by atoms with Crippen molar-refractivity contribution in [3.63, 3.8) is 0 Å². The van der Waals surface area contributed by atoms with Crippen molar-refractivity contribution in [3.05, 3.63) is 34.4 Å². The first-order chi connectivity index (χ1) is 5.63. The molecule has 0 unspecified atom stereocenters. The molecule has 0 atom stereocenters. The summed E-state index contributed by atoms with van der Waals surface area (Å²) < 4.78 is 0. The molecule has 1 nitrogen and oxygen atoms in total. The molecule has 0 saturated heterocycles. The van der Waals surface area contributed by atoms with Gasteiger partial charge in [0.25, 0.3) is 0 Å². The van der Waals surface area contributed by atoms with Crippen molar-refractivity contribution in [1.82, 2.24) is 0 Å². The second kappa shape index (κ2) is 4.94. The Morgan fingerprint density at radius 3 is 1.25 bits per heavy atom. The smallest absolute Gasteiger partial charge is 0.0319 e. The number of aliphatic hydroxyl groups excluding tert-OH is 1. The van der Waals surface area contributed by atoms with Crippen molar-refractivity contribution in [1.29, 1.82) is 0 Å². The van der Waals surface area contributed by atoms with E-state index < -0.39 is 0 Å². The van der Waals surface area contributed by atoms with Gasteiger partial charge in [-0.25, -0.2) is 0 Å². The van der Waals surface area contributed by atoms with E-state index in [0.29, 0.717) is 0 Å². The fourth-order valence-corrected chi connectivity index (χ4v) is 1.09. The van der Waals surface area contributed by atoms with Crippen LogP contribution in [-0.4, -0.2) is 12.2 Å². The average Bonchev–Trinajstić information content (AvgIpc) is 2.12. The summed E-state index contributed by atoms with van der Waals surface area (Å²) in [7, 11) is 1.00. The molecule has 0 radical (unpaired) electrons. The molecular weight excluding hydrogens is 148 g/mol. The van der Waals surface area contributed by atoms with Crippen LogP contribution in [-0.2, 0) is 0 Å². The SMILES string of the molecule is CO.Cc1ccc(C)c(C)c1C. The van der Waals surface area contributed by atoms with Crippen molar-refractivity contribution in [2.45, 2.75) is 27.7 Å². The van der Waals surface area contributed by atoms with Crippen molar-refractivity contribution in [2.24, 2.45) is 0 Å². The van der Waals surface area contributed by atoms with Gasteiger partial charge >= 0.3 is 0 Å². The summed E-state index contributed by atoms with van der Waals surface area (Å²) in [4.78, 5) is 0. The molecule has 1 heteroatoms. The molecule has 0 saturated carbocycles. The Labute approximate surface area is 75.1 Å². The summed E-state index contributed by atoms with van der Waals surface area (Å²) in [6.07, 6.45) is 0. The van der Waals surface area contributed by atoms with Crippen LogP contribution in [0.15, 0.2) is 12.1 Å². The average molecular weight is 166 g/mol. The predicted octanol–water partition coefficient (Wildman–Crippen LogP) is 2.53. The Morgan fingerprint density at radius 2 is 1.00 bits per heavy atom. The lowest BCUT2D eigenvalue weighted by Gasteiger charge is -2.06. The van der Waals surface area contributed by atoms with E-state index in [2.05, 4.69) is 39.8 Å². The van der Waals surface area contributed by atoms with E-state index in [4.69, 9.17) is 5.11 Å². The quantitative estimate of drug-likeness (QED) is 0.628. The minimum Gasteiger partial charge on any atom is -0.400 e. The van der Waals surface area contributed by atoms with Crippen molar-refractivity contribution in [2.75, 3.05) is 7.11 Å². The maximum absolute atomic E-state index is 7.00. The normalized spacial score (nSPS) is 8.83. The second-order valence-electron chi connectivity index (χ2n) is 2.95. The van der Waals surface area contributed by atoms with Gasteiger partial charge < -0.3 is 5.11 Å². The van der Waals surface area contributed by atoms with E-state index in [1.165, 1.54) is 22.3 Å². The van der Waals surface area contributed by atoms with Crippen molar-refractivity contribution in [3.8, 4) is 0 Å². The largest absolute Gasteiger partial charge is 0.400 e. The Bertz CT molecular complexity index is 224. The van der Waals surface area contributed by atoms with Gasteiger partial charge in [-0.2, -0.15) is 0 Å². The second-order valence-corrected chi connectivity index (χ2v) is 2.95. The first kappa shape index (κ1) is 11.2. The summed E-state index contributed by atoms with van der Waals surface area (Å²) in [6, 6.07) is 4.36. The third-order valence-corrected chi connectivity index (χ3v) is 2.33. The fourth-order valence-electron chi connectivity index (χ4n) is 1.09. The van der Waals surface area contributed by atoms with E-state index in [9.17, 15) is 0 Å². The van der Waals surface area contributed by atoms with Crippen LogP contribution in [0.1, 0.15) is 22.3 Å². The number of aliphatic hydroxyl groups is 1. The molecule has 0 aromatic heterocycles. The summed E-state index contributed by atoms with van der Waals surface area (Å²) in [5, 5.41) is 7.00. The summed E-state index contributed by atoms with van der Waals surface area (Å²) >= 11 is 0. The van der Waals surface area contributed by atoms with Crippen LogP contribution in [0.5, 0.6) is 0 Å². The molecule has 12 heavy (non-hydrogen) atoms. The van der Waals surface area contributed by atoms with Crippen LogP contribution >= 0.6 is 0 Å². The van der Waals surface area contributed by atoms with Gasteiger partial charge in [0.15, 0.2) is 0 Å². The Hall–Kier alpha value is -0.820. The lowest BCUT2D eigenvalue weighted by Crippen LogP contribution is -1.88. The lowest BCUT2D eigenvalue weighted by molar-refractivity contribution is 0.399. The van der Waals surface area contributed by atoms with Gasteiger partial charge in [-0.3, -0.25) is 0 Å². The first-order valence-corrected chi connectivity index (χ1v) is 4.11. The highest BCUT2D eigenvalue weighted by molar-refractivity contribution is 5.37. The molecule has 1 aromatic carbocycles. The van der Waals surface area contributed by atoms with Crippen LogP contribution in [0, 0.1) is 27.7 Å². The van der Waals surface area contributed by atoms with Gasteiger partial charge in [0.1, 0.15) is 0 Å². The molecule has 0 heterocycles. The van der Waals surface area contributed by atoms with E-state index in [-0.39, 0.29) is 0 Å². The highest BCUT2D eigenvalue weighted by Crippen LogP contribution is 2.15. The number of rotatable bonds is 0. The zero-order valence-corrected chi connectivity index (χ0v) is 8.60. The minimum atomic E-state index is 1.00. The van der Waals surface area contributed by atoms with E-state index in [1.54, 1.807) is 0 Å². The van der Waals surface area contributed by atoms with Crippen LogP contribution < -0.4 is 0 Å². The summed E-state index contributed by atoms with van der Waals surface area (Å²) in [6.45, 7) is 8.67. The molecule has 0 amide bonds. The third kappa shape index (κ3) is 2.35. The molecule has 0 fully saturated rings. The number of hydrogen-bond acceptors (Lipinski definition) is 1. The summed E-state index contributed by atoms with van der Waals surface area (Å²) in [5.74, 6) is 0. The first-order valence-electron chi connectivity index (χ1n) is 4.11. The van der Waals surface area contributed by atoms with Crippen LogP contribution in [0.2, 0.25) is 0 Å². The molecule has 0 bridgehead atoms.